The summed E-state index contributed by atoms with van der Waals surface area (Å²) in [5.41, 5.74) is 2.37. The first-order valence-corrected chi connectivity index (χ1v) is 7.75. The Morgan fingerprint density at radius 3 is 2.71 bits per heavy atom. The van der Waals surface area contributed by atoms with E-state index in [1.165, 1.54) is 5.56 Å². The maximum absolute atomic E-state index is 12.6. The quantitative estimate of drug-likeness (QED) is 0.874. The maximum Gasteiger partial charge on any atom is 0.305 e. The van der Waals surface area contributed by atoms with E-state index >= 15 is 0 Å². The lowest BCUT2D eigenvalue weighted by atomic mass is 9.82. The minimum absolute atomic E-state index is 0.000278. The molecule has 1 amide bonds. The average molecular weight is 287 g/mol. The van der Waals surface area contributed by atoms with Gasteiger partial charge in [0.15, 0.2) is 0 Å². The molecular formula is C17H21NO3. The highest BCUT2D eigenvalue weighted by atomic mass is 16.4. The number of hydrogen-bond donors (Lipinski definition) is 2. The number of hydrogen-bond acceptors (Lipinski definition) is 2. The molecule has 2 N–H and O–H groups in total. The van der Waals surface area contributed by atoms with Gasteiger partial charge in [-0.2, -0.15) is 0 Å². The zero-order chi connectivity index (χ0) is 14.8. The lowest BCUT2D eigenvalue weighted by Crippen LogP contribution is -2.41. The fraction of sp³-hybridized carbons (Fsp3) is 0.529. The van der Waals surface area contributed by atoms with Crippen LogP contribution in [0.5, 0.6) is 0 Å². The molecule has 4 heteroatoms. The van der Waals surface area contributed by atoms with Crippen LogP contribution in [0, 0.1) is 5.92 Å². The van der Waals surface area contributed by atoms with Crippen molar-refractivity contribution < 1.29 is 14.7 Å². The number of aryl methyl sites for hydroxylation is 1. The summed E-state index contributed by atoms with van der Waals surface area (Å²) in [5.74, 6) is -0.606. The second kappa shape index (κ2) is 5.88. The van der Waals surface area contributed by atoms with Gasteiger partial charge in [-0.15, -0.1) is 0 Å². The topological polar surface area (TPSA) is 66.4 Å². The monoisotopic (exact) mass is 287 g/mol. The van der Waals surface area contributed by atoms with Crippen LogP contribution in [0.4, 0.5) is 0 Å². The number of amides is 1. The van der Waals surface area contributed by atoms with Crippen LogP contribution in [0.1, 0.15) is 49.1 Å². The number of aliphatic carboxylic acids is 1. The lowest BCUT2D eigenvalue weighted by Gasteiger charge is -2.27. The van der Waals surface area contributed by atoms with Crippen molar-refractivity contribution in [2.75, 3.05) is 0 Å². The summed E-state index contributed by atoms with van der Waals surface area (Å²) < 4.78 is 0. The van der Waals surface area contributed by atoms with Gasteiger partial charge in [-0.05, 0) is 49.1 Å². The molecule has 112 valence electrons. The van der Waals surface area contributed by atoms with Crippen LogP contribution >= 0.6 is 0 Å². The minimum atomic E-state index is -0.837. The van der Waals surface area contributed by atoms with Crippen molar-refractivity contribution in [3.63, 3.8) is 0 Å². The Kier molecular flexibility index (Phi) is 3.95. The Bertz CT molecular complexity index is 551. The van der Waals surface area contributed by atoms with Gasteiger partial charge in [0.1, 0.15) is 0 Å². The highest BCUT2D eigenvalue weighted by Crippen LogP contribution is 2.36. The van der Waals surface area contributed by atoms with Crippen molar-refractivity contribution in [2.24, 2.45) is 5.92 Å². The predicted octanol–water partition coefficient (Wildman–Crippen LogP) is 2.48. The predicted molar refractivity (Wildman–Crippen MR) is 79.0 cm³/mol. The summed E-state index contributed by atoms with van der Waals surface area (Å²) in [5, 5.41) is 12.0. The molecule has 21 heavy (non-hydrogen) atoms. The molecule has 4 nitrogen and oxygen atoms in total. The highest BCUT2D eigenvalue weighted by molar-refractivity contribution is 5.85. The zero-order valence-electron chi connectivity index (χ0n) is 12.0. The molecule has 0 aliphatic heterocycles. The fourth-order valence-corrected chi connectivity index (χ4v) is 3.33. The molecule has 2 unspecified atom stereocenters. The van der Waals surface area contributed by atoms with E-state index in [-0.39, 0.29) is 24.3 Å². The minimum Gasteiger partial charge on any atom is -0.481 e. The van der Waals surface area contributed by atoms with Crippen molar-refractivity contribution in [3.05, 3.63) is 35.4 Å². The van der Waals surface area contributed by atoms with E-state index in [1.807, 2.05) is 18.2 Å². The summed E-state index contributed by atoms with van der Waals surface area (Å²) >= 11 is 0. The third-order valence-corrected chi connectivity index (χ3v) is 4.60. The van der Waals surface area contributed by atoms with E-state index in [0.29, 0.717) is 5.92 Å². The summed E-state index contributed by atoms with van der Waals surface area (Å²) in [4.78, 5) is 23.5. The molecule has 2 aliphatic carbocycles. The smallest absolute Gasteiger partial charge is 0.305 e. The molecule has 2 aliphatic rings. The standard InChI is InChI=1S/C17H21NO3/c19-16(20)10-15(12-8-9-12)18-17(21)14-7-3-5-11-4-1-2-6-13(11)14/h1-2,4,6,12,14-15H,3,5,7-10H2,(H,18,21)(H,19,20). The van der Waals surface area contributed by atoms with Crippen LogP contribution in [-0.4, -0.2) is 23.0 Å². The van der Waals surface area contributed by atoms with Gasteiger partial charge in [0.25, 0.3) is 0 Å². The van der Waals surface area contributed by atoms with Gasteiger partial charge in [-0.3, -0.25) is 9.59 Å². The van der Waals surface area contributed by atoms with Crippen LogP contribution in [0.15, 0.2) is 24.3 Å². The number of carbonyl (C=O) groups is 2. The largest absolute Gasteiger partial charge is 0.481 e. The first-order chi connectivity index (χ1) is 10.1. The Labute approximate surface area is 124 Å². The Morgan fingerprint density at radius 1 is 1.24 bits per heavy atom. The number of fused-ring (bicyclic) bond motifs is 1. The molecule has 1 aromatic carbocycles. The molecule has 0 heterocycles. The van der Waals surface area contributed by atoms with E-state index in [0.717, 1.165) is 37.7 Å². The maximum atomic E-state index is 12.6. The third-order valence-electron chi connectivity index (χ3n) is 4.60. The summed E-state index contributed by atoms with van der Waals surface area (Å²) in [6.07, 6.45) is 4.99. The normalized spacial score (nSPS) is 22.2. The lowest BCUT2D eigenvalue weighted by molar-refractivity contribution is -0.138. The van der Waals surface area contributed by atoms with Gasteiger partial charge in [-0.25, -0.2) is 0 Å². The van der Waals surface area contributed by atoms with E-state index in [2.05, 4.69) is 11.4 Å². The zero-order valence-corrected chi connectivity index (χ0v) is 12.0. The molecule has 1 aromatic rings. The molecule has 0 saturated heterocycles. The number of benzene rings is 1. The van der Waals surface area contributed by atoms with E-state index in [1.54, 1.807) is 0 Å². The number of carboxylic acids is 1. The van der Waals surface area contributed by atoms with Crippen molar-refractivity contribution in [2.45, 2.75) is 50.5 Å². The second-order valence-electron chi connectivity index (χ2n) is 6.19. The van der Waals surface area contributed by atoms with E-state index in [4.69, 9.17) is 5.11 Å². The summed E-state index contributed by atoms with van der Waals surface area (Å²) in [7, 11) is 0. The summed E-state index contributed by atoms with van der Waals surface area (Å²) in [6, 6.07) is 7.90. The van der Waals surface area contributed by atoms with Gasteiger partial charge in [0, 0.05) is 6.04 Å². The number of rotatable bonds is 5. The van der Waals surface area contributed by atoms with Crippen molar-refractivity contribution in [1.82, 2.24) is 5.32 Å². The van der Waals surface area contributed by atoms with Gasteiger partial charge in [0.05, 0.1) is 12.3 Å². The highest BCUT2D eigenvalue weighted by Gasteiger charge is 2.36. The van der Waals surface area contributed by atoms with Gasteiger partial charge in [0.2, 0.25) is 5.91 Å². The fourth-order valence-electron chi connectivity index (χ4n) is 3.33. The van der Waals surface area contributed by atoms with Crippen molar-refractivity contribution in [1.29, 1.82) is 0 Å². The SMILES string of the molecule is O=C(O)CC(NC(=O)C1CCCc2ccccc21)C1CC1. The molecule has 0 aromatic heterocycles. The van der Waals surface area contributed by atoms with Crippen LogP contribution in [0.2, 0.25) is 0 Å². The number of nitrogens with one attached hydrogen (secondary N) is 1. The van der Waals surface area contributed by atoms with Crippen molar-refractivity contribution in [3.8, 4) is 0 Å². The first-order valence-electron chi connectivity index (χ1n) is 7.75. The molecular weight excluding hydrogens is 266 g/mol. The third kappa shape index (κ3) is 3.26. The van der Waals surface area contributed by atoms with E-state index in [9.17, 15) is 9.59 Å². The van der Waals surface area contributed by atoms with Crippen LogP contribution < -0.4 is 5.32 Å². The average Bonchev–Trinajstić information content (AvgIpc) is 3.30. The molecule has 0 bridgehead atoms. The van der Waals surface area contributed by atoms with Crippen molar-refractivity contribution >= 4 is 11.9 Å². The molecule has 3 rings (SSSR count). The molecule has 1 saturated carbocycles. The Hall–Kier alpha value is -1.84. The van der Waals surface area contributed by atoms with Crippen LogP contribution in [0.3, 0.4) is 0 Å². The van der Waals surface area contributed by atoms with Crippen LogP contribution in [-0.2, 0) is 16.0 Å². The number of carbonyl (C=O) groups excluding carboxylic acids is 1. The number of carboxylic acid groups (broad SMARTS) is 1. The Balaban J connectivity index is 1.72. The van der Waals surface area contributed by atoms with Gasteiger partial charge < -0.3 is 10.4 Å². The first kappa shape index (κ1) is 14.1. The Morgan fingerprint density at radius 2 is 2.00 bits per heavy atom. The van der Waals surface area contributed by atoms with Gasteiger partial charge in [-0.1, -0.05) is 24.3 Å². The van der Waals surface area contributed by atoms with E-state index < -0.39 is 5.97 Å². The van der Waals surface area contributed by atoms with Crippen LogP contribution in [0.25, 0.3) is 0 Å². The summed E-state index contributed by atoms with van der Waals surface area (Å²) in [6.45, 7) is 0. The second-order valence-corrected chi connectivity index (χ2v) is 6.19. The molecule has 1 fully saturated rings. The molecule has 0 radical (unpaired) electrons. The molecule has 0 spiro atoms. The van der Waals surface area contributed by atoms with Gasteiger partial charge >= 0.3 is 5.97 Å². The molecule has 2 atom stereocenters.